The fourth-order valence-corrected chi connectivity index (χ4v) is 3.40. The average molecular weight is 405 g/mol. The molecule has 0 unspecified atom stereocenters. The molecule has 3 rings (SSSR count). The maximum Gasteiger partial charge on any atom is 0.250 e. The van der Waals surface area contributed by atoms with Crippen LogP contribution in [0.1, 0.15) is 18.4 Å². The van der Waals surface area contributed by atoms with Crippen LogP contribution in [0.2, 0.25) is 0 Å². The predicted octanol–water partition coefficient (Wildman–Crippen LogP) is 4.53. The van der Waals surface area contributed by atoms with Crippen LogP contribution >= 0.6 is 12.2 Å². The van der Waals surface area contributed by atoms with E-state index >= 15 is 0 Å². The van der Waals surface area contributed by atoms with Crippen LogP contribution in [0.3, 0.4) is 0 Å². The Labute approximate surface area is 176 Å². The standard InChI is InChI=1S/C24H24N2O2S/c27-18-7-6-17-26(22-14-8-12-20-11-4-5-13-21(20)22)24(29)25-23(28)16-15-19-9-2-1-3-10-19/h1-5,8-16,27H,6-7,17-18H2,(H,25,28,29)/b16-15+. The van der Waals surface area contributed by atoms with Crippen molar-refractivity contribution in [3.8, 4) is 0 Å². The molecule has 29 heavy (non-hydrogen) atoms. The molecule has 4 nitrogen and oxygen atoms in total. The summed E-state index contributed by atoms with van der Waals surface area (Å²) in [6, 6.07) is 23.7. The van der Waals surface area contributed by atoms with Crippen molar-refractivity contribution in [2.75, 3.05) is 18.1 Å². The minimum Gasteiger partial charge on any atom is -0.396 e. The van der Waals surface area contributed by atoms with E-state index in [1.807, 2.05) is 65.6 Å². The third-order valence-electron chi connectivity index (χ3n) is 4.55. The van der Waals surface area contributed by atoms with E-state index in [-0.39, 0.29) is 12.5 Å². The highest BCUT2D eigenvalue weighted by atomic mass is 32.1. The second-order valence-electron chi connectivity index (χ2n) is 6.62. The van der Waals surface area contributed by atoms with Crippen LogP contribution in [0.25, 0.3) is 16.8 Å². The van der Waals surface area contributed by atoms with Crippen LogP contribution < -0.4 is 10.2 Å². The number of rotatable bonds is 7. The number of unbranched alkanes of at least 4 members (excludes halogenated alkanes) is 1. The van der Waals surface area contributed by atoms with E-state index in [4.69, 9.17) is 17.3 Å². The molecule has 0 saturated carbocycles. The van der Waals surface area contributed by atoms with E-state index in [1.165, 1.54) is 6.08 Å². The summed E-state index contributed by atoms with van der Waals surface area (Å²) in [6.07, 6.45) is 4.67. The molecule has 0 aromatic heterocycles. The molecule has 0 heterocycles. The van der Waals surface area contributed by atoms with E-state index < -0.39 is 0 Å². The topological polar surface area (TPSA) is 52.6 Å². The van der Waals surface area contributed by atoms with Gasteiger partial charge >= 0.3 is 0 Å². The lowest BCUT2D eigenvalue weighted by molar-refractivity contribution is -0.115. The highest BCUT2D eigenvalue weighted by molar-refractivity contribution is 7.80. The molecule has 3 aromatic rings. The zero-order valence-corrected chi connectivity index (χ0v) is 16.9. The van der Waals surface area contributed by atoms with Crippen LogP contribution in [-0.2, 0) is 4.79 Å². The fourth-order valence-electron chi connectivity index (χ4n) is 3.11. The number of nitrogens with one attached hydrogen (secondary N) is 1. The lowest BCUT2D eigenvalue weighted by Crippen LogP contribution is -2.43. The third-order valence-corrected chi connectivity index (χ3v) is 4.87. The first kappa shape index (κ1) is 20.7. The summed E-state index contributed by atoms with van der Waals surface area (Å²) >= 11 is 5.57. The quantitative estimate of drug-likeness (QED) is 0.345. The van der Waals surface area contributed by atoms with E-state index in [1.54, 1.807) is 6.08 Å². The lowest BCUT2D eigenvalue weighted by atomic mass is 10.1. The number of nitrogens with zero attached hydrogens (tertiary/aromatic N) is 1. The van der Waals surface area contributed by atoms with Gasteiger partial charge in [0.1, 0.15) is 0 Å². The minimum absolute atomic E-state index is 0.127. The molecule has 148 valence electrons. The van der Waals surface area contributed by atoms with E-state index in [0.717, 1.165) is 28.4 Å². The largest absolute Gasteiger partial charge is 0.396 e. The van der Waals surface area contributed by atoms with Crippen molar-refractivity contribution < 1.29 is 9.90 Å². The van der Waals surface area contributed by atoms with E-state index in [9.17, 15) is 4.79 Å². The van der Waals surface area contributed by atoms with Gasteiger partial charge in [-0.1, -0.05) is 66.7 Å². The molecule has 2 N–H and O–H groups in total. The van der Waals surface area contributed by atoms with Gasteiger partial charge < -0.3 is 10.0 Å². The van der Waals surface area contributed by atoms with Gasteiger partial charge in [-0.3, -0.25) is 10.1 Å². The smallest absolute Gasteiger partial charge is 0.250 e. The molecule has 5 heteroatoms. The van der Waals surface area contributed by atoms with Crippen LogP contribution in [0.15, 0.2) is 78.9 Å². The monoisotopic (exact) mass is 404 g/mol. The second kappa shape index (κ2) is 10.5. The summed E-state index contributed by atoms with van der Waals surface area (Å²) in [7, 11) is 0. The van der Waals surface area contributed by atoms with Gasteiger partial charge in [-0.15, -0.1) is 0 Å². The van der Waals surface area contributed by atoms with E-state index in [0.29, 0.717) is 18.1 Å². The Hall–Kier alpha value is -3.02. The SMILES string of the molecule is O=C(/C=C/c1ccccc1)NC(=S)N(CCCCO)c1cccc2ccccc12. The zero-order valence-electron chi connectivity index (χ0n) is 16.1. The number of thiocarbonyl (C=S) groups is 1. The van der Waals surface area contributed by atoms with Gasteiger partial charge in [0, 0.05) is 24.6 Å². The number of aliphatic hydroxyl groups is 1. The van der Waals surface area contributed by atoms with E-state index in [2.05, 4.69) is 17.4 Å². The van der Waals surface area contributed by atoms with Crippen molar-refractivity contribution in [1.82, 2.24) is 5.32 Å². The van der Waals surface area contributed by atoms with Gasteiger partial charge in [0.15, 0.2) is 5.11 Å². The van der Waals surface area contributed by atoms with Crippen molar-refractivity contribution in [2.24, 2.45) is 0 Å². The molecule has 0 spiro atoms. The number of hydrogen-bond acceptors (Lipinski definition) is 3. The number of aliphatic hydroxyl groups excluding tert-OH is 1. The molecule has 0 aliphatic rings. The van der Waals surface area contributed by atoms with Crippen molar-refractivity contribution in [3.05, 3.63) is 84.4 Å². The van der Waals surface area contributed by atoms with Gasteiger partial charge in [-0.05, 0) is 48.2 Å². The van der Waals surface area contributed by atoms with Gasteiger partial charge in [0.2, 0.25) is 5.91 Å². The molecular weight excluding hydrogens is 380 g/mol. The Morgan fingerprint density at radius 3 is 2.48 bits per heavy atom. The van der Waals surface area contributed by atoms with Crippen LogP contribution in [0, 0.1) is 0 Å². The number of amides is 1. The summed E-state index contributed by atoms with van der Waals surface area (Å²) in [4.78, 5) is 14.3. The molecule has 0 aliphatic carbocycles. The molecule has 1 amide bonds. The van der Waals surface area contributed by atoms with Crippen LogP contribution in [-0.4, -0.2) is 29.3 Å². The summed E-state index contributed by atoms with van der Waals surface area (Å²) in [5.41, 5.74) is 1.89. The number of carbonyl (C=O) groups is 1. The number of fused-ring (bicyclic) bond motifs is 1. The number of carbonyl (C=O) groups excluding carboxylic acids is 1. The Bertz CT molecular complexity index is 997. The molecule has 0 fully saturated rings. The minimum atomic E-state index is -0.272. The molecular formula is C24H24N2O2S. The normalized spacial score (nSPS) is 10.9. The second-order valence-corrected chi connectivity index (χ2v) is 7.01. The average Bonchev–Trinajstić information content (AvgIpc) is 2.76. The van der Waals surface area contributed by atoms with Gasteiger partial charge in [0.25, 0.3) is 0 Å². The summed E-state index contributed by atoms with van der Waals surface area (Å²) in [5.74, 6) is -0.272. The summed E-state index contributed by atoms with van der Waals surface area (Å²) in [6.45, 7) is 0.735. The highest BCUT2D eigenvalue weighted by Gasteiger charge is 2.16. The lowest BCUT2D eigenvalue weighted by Gasteiger charge is -2.26. The molecule has 0 bridgehead atoms. The first-order chi connectivity index (χ1) is 14.2. The molecule has 3 aromatic carbocycles. The maximum absolute atomic E-state index is 12.4. The maximum atomic E-state index is 12.4. The Morgan fingerprint density at radius 2 is 1.69 bits per heavy atom. The molecule has 0 saturated heterocycles. The zero-order chi connectivity index (χ0) is 20.5. The van der Waals surface area contributed by atoms with Gasteiger partial charge in [-0.2, -0.15) is 0 Å². The first-order valence-electron chi connectivity index (χ1n) is 9.63. The molecule has 0 aliphatic heterocycles. The number of benzene rings is 3. The Balaban J connectivity index is 1.79. The van der Waals surface area contributed by atoms with Gasteiger partial charge in [0.05, 0.1) is 5.69 Å². The van der Waals surface area contributed by atoms with Crippen molar-refractivity contribution in [2.45, 2.75) is 12.8 Å². The molecule has 0 radical (unpaired) electrons. The Morgan fingerprint density at radius 1 is 0.966 bits per heavy atom. The third kappa shape index (κ3) is 5.73. The Kier molecular flexibility index (Phi) is 7.50. The first-order valence-corrected chi connectivity index (χ1v) is 10.0. The van der Waals surface area contributed by atoms with Crippen LogP contribution in [0.5, 0.6) is 0 Å². The summed E-state index contributed by atoms with van der Waals surface area (Å²) in [5, 5.41) is 14.5. The van der Waals surface area contributed by atoms with Crippen molar-refractivity contribution in [3.63, 3.8) is 0 Å². The number of hydrogen-bond donors (Lipinski definition) is 2. The van der Waals surface area contributed by atoms with Crippen molar-refractivity contribution >= 4 is 45.8 Å². The predicted molar refractivity (Wildman–Crippen MR) is 124 cm³/mol. The van der Waals surface area contributed by atoms with Crippen LogP contribution in [0.4, 0.5) is 5.69 Å². The highest BCUT2D eigenvalue weighted by Crippen LogP contribution is 2.27. The van der Waals surface area contributed by atoms with Gasteiger partial charge in [-0.25, -0.2) is 0 Å². The fraction of sp³-hybridized carbons (Fsp3) is 0.167. The summed E-state index contributed by atoms with van der Waals surface area (Å²) < 4.78 is 0. The van der Waals surface area contributed by atoms with Crippen molar-refractivity contribution in [1.29, 1.82) is 0 Å². The molecule has 0 atom stereocenters. The number of anilines is 1.